The second kappa shape index (κ2) is 13.5. The summed E-state index contributed by atoms with van der Waals surface area (Å²) in [5, 5.41) is 0. The lowest BCUT2D eigenvalue weighted by Gasteiger charge is -2.02. The second-order valence-electron chi connectivity index (χ2n) is 6.52. The van der Waals surface area contributed by atoms with Crippen LogP contribution in [0.5, 0.6) is 0 Å². The van der Waals surface area contributed by atoms with E-state index < -0.39 is 0 Å². The molecule has 0 atom stereocenters. The standard InChI is InChI=1S/C21H32O3/c1-17(2)14-21(23)15-20(5)11-7-9-18(3)8-6-10-19(4)12-13-24-16-22/h8,11-12,14,16H,6-7,9-10,13,15H2,1-5H3. The third-order valence-corrected chi connectivity index (χ3v) is 3.56. The van der Waals surface area contributed by atoms with E-state index >= 15 is 0 Å². The molecule has 0 aliphatic heterocycles. The number of rotatable bonds is 12. The summed E-state index contributed by atoms with van der Waals surface area (Å²) >= 11 is 0. The first-order valence-electron chi connectivity index (χ1n) is 8.55. The van der Waals surface area contributed by atoms with E-state index in [4.69, 9.17) is 0 Å². The first kappa shape index (κ1) is 22.1. The minimum absolute atomic E-state index is 0.178. The summed E-state index contributed by atoms with van der Waals surface area (Å²) in [5.74, 6) is 0.178. The van der Waals surface area contributed by atoms with Gasteiger partial charge in [-0.25, -0.2) is 0 Å². The number of ether oxygens (including phenoxy) is 1. The minimum Gasteiger partial charge on any atom is -0.464 e. The zero-order valence-electron chi connectivity index (χ0n) is 15.9. The normalized spacial score (nSPS) is 12.8. The van der Waals surface area contributed by atoms with Crippen molar-refractivity contribution in [3.63, 3.8) is 0 Å². The van der Waals surface area contributed by atoms with Crippen LogP contribution >= 0.6 is 0 Å². The number of ketones is 1. The number of hydrogen-bond donors (Lipinski definition) is 0. The Labute approximate surface area is 147 Å². The Morgan fingerprint density at radius 2 is 1.38 bits per heavy atom. The molecule has 134 valence electrons. The average Bonchev–Trinajstić information content (AvgIpc) is 2.46. The van der Waals surface area contributed by atoms with Gasteiger partial charge in [0.25, 0.3) is 6.47 Å². The highest BCUT2D eigenvalue weighted by molar-refractivity contribution is 5.91. The van der Waals surface area contributed by atoms with E-state index in [-0.39, 0.29) is 5.78 Å². The van der Waals surface area contributed by atoms with Gasteiger partial charge in [0.15, 0.2) is 5.78 Å². The fraction of sp³-hybridized carbons (Fsp3) is 0.524. The SMILES string of the molecule is CC(C)=CC(=O)CC(C)=CCCC(C)=CCCC(C)=CCOC=O. The third kappa shape index (κ3) is 13.7. The smallest absolute Gasteiger partial charge is 0.293 e. The highest BCUT2D eigenvalue weighted by atomic mass is 16.5. The van der Waals surface area contributed by atoms with Crippen LogP contribution in [0, 0.1) is 0 Å². The molecule has 0 aromatic heterocycles. The molecule has 0 saturated carbocycles. The molecule has 0 bridgehead atoms. The van der Waals surface area contributed by atoms with Crippen molar-refractivity contribution >= 4 is 12.3 Å². The van der Waals surface area contributed by atoms with Crippen LogP contribution in [0.25, 0.3) is 0 Å². The van der Waals surface area contributed by atoms with Crippen molar-refractivity contribution in [2.75, 3.05) is 6.61 Å². The van der Waals surface area contributed by atoms with Gasteiger partial charge in [-0.1, -0.05) is 34.4 Å². The molecule has 0 spiro atoms. The Balaban J connectivity index is 4.11. The first-order chi connectivity index (χ1) is 11.3. The maximum Gasteiger partial charge on any atom is 0.293 e. The average molecular weight is 332 g/mol. The molecule has 0 aromatic carbocycles. The lowest BCUT2D eigenvalue weighted by molar-refractivity contribution is -0.127. The Morgan fingerprint density at radius 1 is 0.833 bits per heavy atom. The van der Waals surface area contributed by atoms with Gasteiger partial charge in [-0.3, -0.25) is 9.59 Å². The van der Waals surface area contributed by atoms with Crippen LogP contribution in [0.1, 0.15) is 66.7 Å². The van der Waals surface area contributed by atoms with E-state index in [1.54, 1.807) is 6.08 Å². The van der Waals surface area contributed by atoms with Gasteiger partial charge in [0.05, 0.1) is 0 Å². The lowest BCUT2D eigenvalue weighted by atomic mass is 10.0. The molecule has 0 saturated heterocycles. The summed E-state index contributed by atoms with van der Waals surface area (Å²) < 4.78 is 4.65. The van der Waals surface area contributed by atoms with E-state index in [2.05, 4.69) is 23.8 Å². The monoisotopic (exact) mass is 332 g/mol. The molecule has 3 heteroatoms. The van der Waals surface area contributed by atoms with Gasteiger partial charge in [0.2, 0.25) is 0 Å². The predicted octanol–water partition coefficient (Wildman–Crippen LogP) is 5.48. The third-order valence-electron chi connectivity index (χ3n) is 3.56. The zero-order chi connectivity index (χ0) is 18.4. The van der Waals surface area contributed by atoms with E-state index in [0.29, 0.717) is 19.5 Å². The largest absolute Gasteiger partial charge is 0.464 e. The predicted molar refractivity (Wildman–Crippen MR) is 101 cm³/mol. The van der Waals surface area contributed by atoms with Crippen molar-refractivity contribution in [2.45, 2.75) is 66.7 Å². The molecule has 0 unspecified atom stereocenters. The maximum atomic E-state index is 11.7. The Kier molecular flexibility index (Phi) is 12.5. The van der Waals surface area contributed by atoms with Crippen molar-refractivity contribution in [3.8, 4) is 0 Å². The van der Waals surface area contributed by atoms with Gasteiger partial charge in [0, 0.05) is 6.42 Å². The molecule has 0 aliphatic rings. The molecular weight excluding hydrogens is 300 g/mol. The Hall–Kier alpha value is -1.90. The molecule has 0 heterocycles. The van der Waals surface area contributed by atoms with Crippen molar-refractivity contribution in [3.05, 3.63) is 46.6 Å². The van der Waals surface area contributed by atoms with Gasteiger partial charge < -0.3 is 4.74 Å². The fourth-order valence-electron chi connectivity index (χ4n) is 2.25. The molecule has 0 amide bonds. The molecule has 0 radical (unpaired) electrons. The second-order valence-corrected chi connectivity index (χ2v) is 6.52. The molecule has 3 nitrogen and oxygen atoms in total. The first-order valence-corrected chi connectivity index (χ1v) is 8.55. The molecule has 0 N–H and O–H groups in total. The zero-order valence-corrected chi connectivity index (χ0v) is 15.9. The number of hydrogen-bond acceptors (Lipinski definition) is 3. The van der Waals surface area contributed by atoms with Crippen LogP contribution < -0.4 is 0 Å². The summed E-state index contributed by atoms with van der Waals surface area (Å²) in [5.41, 5.74) is 4.79. The molecule has 0 aliphatic carbocycles. The lowest BCUT2D eigenvalue weighted by Crippen LogP contribution is -1.94. The van der Waals surface area contributed by atoms with Crippen molar-refractivity contribution in [1.82, 2.24) is 0 Å². The summed E-state index contributed by atoms with van der Waals surface area (Å²) in [4.78, 5) is 21.8. The number of carbonyl (C=O) groups is 2. The quantitative estimate of drug-likeness (QED) is 0.205. The molecular formula is C21H32O3. The van der Waals surface area contributed by atoms with Gasteiger partial charge in [0.1, 0.15) is 6.61 Å². The molecule has 0 aromatic rings. The summed E-state index contributed by atoms with van der Waals surface area (Å²) in [6, 6.07) is 0. The summed E-state index contributed by atoms with van der Waals surface area (Å²) in [7, 11) is 0. The minimum atomic E-state index is 0.178. The van der Waals surface area contributed by atoms with E-state index in [1.165, 1.54) is 11.1 Å². The molecule has 0 fully saturated rings. The topological polar surface area (TPSA) is 43.4 Å². The van der Waals surface area contributed by atoms with Gasteiger partial charge in [-0.05, 0) is 72.5 Å². The van der Waals surface area contributed by atoms with E-state index in [0.717, 1.165) is 36.8 Å². The van der Waals surface area contributed by atoms with Crippen LogP contribution in [-0.2, 0) is 14.3 Å². The van der Waals surface area contributed by atoms with Crippen LogP contribution in [0.3, 0.4) is 0 Å². The molecule has 0 rings (SSSR count). The molecule has 24 heavy (non-hydrogen) atoms. The Bertz CT molecular complexity index is 515. The van der Waals surface area contributed by atoms with Crippen LogP contribution in [0.15, 0.2) is 46.6 Å². The summed E-state index contributed by atoms with van der Waals surface area (Å²) in [6.45, 7) is 10.9. The van der Waals surface area contributed by atoms with Gasteiger partial charge >= 0.3 is 0 Å². The highest BCUT2D eigenvalue weighted by Crippen LogP contribution is 2.12. The maximum absolute atomic E-state index is 11.7. The van der Waals surface area contributed by atoms with Crippen molar-refractivity contribution in [2.24, 2.45) is 0 Å². The number of allylic oxidation sites excluding steroid dienone is 7. The number of carbonyl (C=O) groups excluding carboxylic acids is 2. The van der Waals surface area contributed by atoms with E-state index in [9.17, 15) is 9.59 Å². The summed E-state index contributed by atoms with van der Waals surface area (Å²) in [6.07, 6.45) is 12.5. The highest BCUT2D eigenvalue weighted by Gasteiger charge is 1.99. The van der Waals surface area contributed by atoms with Crippen LogP contribution in [0.2, 0.25) is 0 Å². The fourth-order valence-corrected chi connectivity index (χ4v) is 2.25. The van der Waals surface area contributed by atoms with E-state index in [1.807, 2.05) is 33.8 Å². The van der Waals surface area contributed by atoms with Crippen LogP contribution in [0.4, 0.5) is 0 Å². The van der Waals surface area contributed by atoms with Gasteiger partial charge in [-0.15, -0.1) is 0 Å². The van der Waals surface area contributed by atoms with Crippen LogP contribution in [-0.4, -0.2) is 18.9 Å². The van der Waals surface area contributed by atoms with Gasteiger partial charge in [-0.2, -0.15) is 0 Å². The Morgan fingerprint density at radius 3 is 1.92 bits per heavy atom. The van der Waals surface area contributed by atoms with Crippen molar-refractivity contribution < 1.29 is 14.3 Å². The van der Waals surface area contributed by atoms with Crippen molar-refractivity contribution in [1.29, 1.82) is 0 Å².